The number of halogens is 1. The summed E-state index contributed by atoms with van der Waals surface area (Å²) in [7, 11) is 1.60. The van der Waals surface area contributed by atoms with Gasteiger partial charge in [-0.1, -0.05) is 11.6 Å². The summed E-state index contributed by atoms with van der Waals surface area (Å²) in [5, 5.41) is 3.32. The van der Waals surface area contributed by atoms with Crippen molar-refractivity contribution in [3.05, 3.63) is 71.2 Å². The highest BCUT2D eigenvalue weighted by Crippen LogP contribution is 2.34. The first-order valence-corrected chi connectivity index (χ1v) is 9.32. The van der Waals surface area contributed by atoms with Crippen LogP contribution in [0.3, 0.4) is 0 Å². The Morgan fingerprint density at radius 2 is 1.66 bits per heavy atom. The summed E-state index contributed by atoms with van der Waals surface area (Å²) < 4.78 is 22.1. The fourth-order valence-corrected chi connectivity index (χ4v) is 3.01. The maximum absolute atomic E-state index is 12.8. The second-order valence-corrected chi connectivity index (χ2v) is 6.67. The average molecular weight is 412 g/mol. The van der Waals surface area contributed by atoms with Gasteiger partial charge in [0.15, 0.2) is 17.2 Å². The zero-order valence-corrected chi connectivity index (χ0v) is 16.4. The number of rotatable bonds is 5. The fraction of sp³-hybridized carbons (Fsp3) is 0.136. The molecule has 4 rings (SSSR count). The predicted octanol–water partition coefficient (Wildman–Crippen LogP) is 5.16. The summed E-state index contributed by atoms with van der Waals surface area (Å²) in [6, 6.07) is 17.2. The standard InChI is InChI=1S/C22H18ClNO5/c1-26-16-4-6-17(7-5-16)29-19-9-3-15(23)13-18(19)24-22(25)14-2-8-20-21(12-14)28-11-10-27-20/h2-9,12-13H,10-11H2,1H3,(H,24,25). The van der Waals surface area contributed by atoms with E-state index in [2.05, 4.69) is 5.32 Å². The Labute approximate surface area is 172 Å². The summed E-state index contributed by atoms with van der Waals surface area (Å²) >= 11 is 6.12. The van der Waals surface area contributed by atoms with Gasteiger partial charge in [-0.05, 0) is 60.7 Å². The van der Waals surface area contributed by atoms with Crippen molar-refractivity contribution >= 4 is 23.2 Å². The number of amides is 1. The number of hydrogen-bond acceptors (Lipinski definition) is 5. The third-order valence-corrected chi connectivity index (χ3v) is 4.52. The van der Waals surface area contributed by atoms with Crippen LogP contribution in [-0.2, 0) is 0 Å². The van der Waals surface area contributed by atoms with Gasteiger partial charge in [0, 0.05) is 10.6 Å². The number of carbonyl (C=O) groups is 1. The van der Waals surface area contributed by atoms with E-state index >= 15 is 0 Å². The van der Waals surface area contributed by atoms with Crippen molar-refractivity contribution in [2.75, 3.05) is 25.6 Å². The van der Waals surface area contributed by atoms with E-state index < -0.39 is 0 Å². The molecule has 3 aromatic rings. The van der Waals surface area contributed by atoms with Gasteiger partial charge in [-0.2, -0.15) is 0 Å². The maximum Gasteiger partial charge on any atom is 0.255 e. The highest BCUT2D eigenvalue weighted by molar-refractivity contribution is 6.31. The van der Waals surface area contributed by atoms with Crippen molar-refractivity contribution in [1.82, 2.24) is 0 Å². The number of nitrogens with one attached hydrogen (secondary N) is 1. The van der Waals surface area contributed by atoms with Crippen molar-refractivity contribution in [2.24, 2.45) is 0 Å². The molecule has 7 heteroatoms. The van der Waals surface area contributed by atoms with Gasteiger partial charge in [0.1, 0.15) is 24.7 Å². The van der Waals surface area contributed by atoms with Gasteiger partial charge in [0.2, 0.25) is 0 Å². The number of hydrogen-bond donors (Lipinski definition) is 1. The number of benzene rings is 3. The van der Waals surface area contributed by atoms with Crippen molar-refractivity contribution < 1.29 is 23.7 Å². The number of carbonyl (C=O) groups excluding carboxylic acids is 1. The highest BCUT2D eigenvalue weighted by atomic mass is 35.5. The number of ether oxygens (including phenoxy) is 4. The maximum atomic E-state index is 12.8. The largest absolute Gasteiger partial charge is 0.497 e. The van der Waals surface area contributed by atoms with E-state index in [0.29, 0.717) is 52.5 Å². The Balaban J connectivity index is 1.56. The van der Waals surface area contributed by atoms with Gasteiger partial charge in [-0.3, -0.25) is 4.79 Å². The summed E-state index contributed by atoms with van der Waals surface area (Å²) in [5.74, 6) is 2.64. The lowest BCUT2D eigenvalue weighted by Crippen LogP contribution is -2.17. The molecule has 1 heterocycles. The van der Waals surface area contributed by atoms with Gasteiger partial charge in [-0.25, -0.2) is 0 Å². The lowest BCUT2D eigenvalue weighted by molar-refractivity contribution is 0.102. The molecule has 0 aliphatic carbocycles. The molecule has 1 N–H and O–H groups in total. The Kier molecular flexibility index (Phi) is 5.44. The van der Waals surface area contributed by atoms with Crippen LogP contribution >= 0.6 is 11.6 Å². The molecule has 0 spiro atoms. The number of anilines is 1. The fourth-order valence-electron chi connectivity index (χ4n) is 2.84. The molecule has 0 saturated carbocycles. The van der Waals surface area contributed by atoms with Crippen LogP contribution in [0.25, 0.3) is 0 Å². The molecule has 0 atom stereocenters. The van der Waals surface area contributed by atoms with Crippen molar-refractivity contribution in [3.63, 3.8) is 0 Å². The van der Waals surface area contributed by atoms with Gasteiger partial charge in [0.05, 0.1) is 12.8 Å². The van der Waals surface area contributed by atoms with E-state index in [1.54, 1.807) is 67.8 Å². The van der Waals surface area contributed by atoms with Crippen molar-refractivity contribution in [3.8, 4) is 28.7 Å². The van der Waals surface area contributed by atoms with Crippen LogP contribution in [0.1, 0.15) is 10.4 Å². The molecule has 1 aliphatic rings. The number of fused-ring (bicyclic) bond motifs is 1. The summed E-state index contributed by atoms with van der Waals surface area (Å²) in [5.41, 5.74) is 0.887. The SMILES string of the molecule is COc1ccc(Oc2ccc(Cl)cc2NC(=O)c2ccc3c(c2)OCCO3)cc1. The molecule has 0 radical (unpaired) electrons. The molecule has 0 saturated heterocycles. The first-order chi connectivity index (χ1) is 14.1. The zero-order valence-electron chi connectivity index (χ0n) is 15.6. The Morgan fingerprint density at radius 3 is 2.41 bits per heavy atom. The smallest absolute Gasteiger partial charge is 0.255 e. The van der Waals surface area contributed by atoms with E-state index in [-0.39, 0.29) is 5.91 Å². The van der Waals surface area contributed by atoms with Gasteiger partial charge >= 0.3 is 0 Å². The van der Waals surface area contributed by atoms with Crippen LogP contribution in [0.4, 0.5) is 5.69 Å². The van der Waals surface area contributed by atoms with Crippen LogP contribution in [0.2, 0.25) is 5.02 Å². The molecule has 3 aromatic carbocycles. The lowest BCUT2D eigenvalue weighted by Gasteiger charge is -2.19. The predicted molar refractivity (Wildman–Crippen MR) is 110 cm³/mol. The molecular formula is C22H18ClNO5. The molecule has 29 heavy (non-hydrogen) atoms. The second kappa shape index (κ2) is 8.32. The van der Waals surface area contributed by atoms with Gasteiger partial charge in [-0.15, -0.1) is 0 Å². The van der Waals surface area contributed by atoms with Crippen LogP contribution in [0.15, 0.2) is 60.7 Å². The third kappa shape index (κ3) is 4.38. The zero-order chi connectivity index (χ0) is 20.2. The Morgan fingerprint density at radius 1 is 0.931 bits per heavy atom. The van der Waals surface area contributed by atoms with Gasteiger partial charge in [0.25, 0.3) is 5.91 Å². The average Bonchev–Trinajstić information content (AvgIpc) is 2.75. The minimum Gasteiger partial charge on any atom is -0.497 e. The second-order valence-electron chi connectivity index (χ2n) is 6.23. The summed E-state index contributed by atoms with van der Waals surface area (Å²) in [6.07, 6.45) is 0. The monoisotopic (exact) mass is 411 g/mol. The molecule has 0 unspecified atom stereocenters. The normalized spacial score (nSPS) is 12.2. The Bertz CT molecular complexity index is 1040. The van der Waals surface area contributed by atoms with E-state index in [1.807, 2.05) is 0 Å². The minimum absolute atomic E-state index is 0.316. The van der Waals surface area contributed by atoms with Crippen molar-refractivity contribution in [1.29, 1.82) is 0 Å². The lowest BCUT2D eigenvalue weighted by atomic mass is 10.1. The van der Waals surface area contributed by atoms with E-state index in [4.69, 9.17) is 30.5 Å². The summed E-state index contributed by atoms with van der Waals surface area (Å²) in [4.78, 5) is 12.8. The first-order valence-electron chi connectivity index (χ1n) is 8.95. The molecule has 6 nitrogen and oxygen atoms in total. The molecule has 0 bridgehead atoms. The molecule has 0 aromatic heterocycles. The van der Waals surface area contributed by atoms with E-state index in [9.17, 15) is 4.79 Å². The third-order valence-electron chi connectivity index (χ3n) is 4.28. The van der Waals surface area contributed by atoms with E-state index in [0.717, 1.165) is 5.75 Å². The molecule has 0 fully saturated rings. The molecule has 1 aliphatic heterocycles. The molecular weight excluding hydrogens is 394 g/mol. The first kappa shape index (κ1) is 19.0. The molecule has 148 valence electrons. The number of methoxy groups -OCH3 is 1. The van der Waals surface area contributed by atoms with Crippen LogP contribution in [0.5, 0.6) is 28.7 Å². The van der Waals surface area contributed by atoms with Crippen LogP contribution in [0, 0.1) is 0 Å². The highest BCUT2D eigenvalue weighted by Gasteiger charge is 2.17. The minimum atomic E-state index is -0.316. The van der Waals surface area contributed by atoms with Gasteiger partial charge < -0.3 is 24.3 Å². The van der Waals surface area contributed by atoms with Crippen LogP contribution in [-0.4, -0.2) is 26.2 Å². The van der Waals surface area contributed by atoms with E-state index in [1.165, 1.54) is 0 Å². The quantitative estimate of drug-likeness (QED) is 0.627. The molecule has 1 amide bonds. The topological polar surface area (TPSA) is 66.0 Å². The van der Waals surface area contributed by atoms with Crippen molar-refractivity contribution in [2.45, 2.75) is 0 Å². The summed E-state index contributed by atoms with van der Waals surface area (Å²) in [6.45, 7) is 0.944. The Hall–Kier alpha value is -3.38. The van der Waals surface area contributed by atoms with Crippen LogP contribution < -0.4 is 24.3 Å².